The Kier molecular flexibility index (Phi) is 6.96. The van der Waals surface area contributed by atoms with Crippen LogP contribution in [0.2, 0.25) is 0 Å². The van der Waals surface area contributed by atoms with Crippen molar-refractivity contribution in [3.8, 4) is 5.75 Å². The standard InChI is InChI=1S/C28H23N5O5/c34-15-14-30-28(37)38-20-10-11-21-22(16-20)24-23(12-13-29-25(24)33-27(21)36)31-18-6-8-19(9-7-18)32-26(35)17-4-2-1-3-5-17/h1-13,16,34H,14-15H2,(H,30,37)(H,32,35)(H2,29,31,33,36). The van der Waals surface area contributed by atoms with E-state index in [0.29, 0.717) is 38.7 Å². The van der Waals surface area contributed by atoms with E-state index in [4.69, 9.17) is 9.84 Å². The van der Waals surface area contributed by atoms with Crippen LogP contribution in [0.25, 0.3) is 21.8 Å². The topological polar surface area (TPSA) is 145 Å². The van der Waals surface area contributed by atoms with Gasteiger partial charge in [-0.15, -0.1) is 0 Å². The van der Waals surface area contributed by atoms with Crippen LogP contribution in [0.15, 0.2) is 89.9 Å². The van der Waals surface area contributed by atoms with E-state index in [9.17, 15) is 14.4 Å². The van der Waals surface area contributed by atoms with E-state index in [1.54, 1.807) is 60.8 Å². The van der Waals surface area contributed by atoms with Crippen LogP contribution in [0.1, 0.15) is 10.4 Å². The highest BCUT2D eigenvalue weighted by Crippen LogP contribution is 2.32. The number of aromatic amines is 1. The molecule has 2 amide bonds. The fourth-order valence-corrected chi connectivity index (χ4v) is 3.99. The van der Waals surface area contributed by atoms with Gasteiger partial charge in [0, 0.05) is 45.8 Å². The van der Waals surface area contributed by atoms with Crippen LogP contribution < -0.4 is 26.2 Å². The molecule has 0 spiro atoms. The Bertz CT molecular complexity index is 1680. The normalized spacial score (nSPS) is 10.8. The number of ether oxygens (including phenoxy) is 1. The molecular formula is C28H23N5O5. The van der Waals surface area contributed by atoms with Crippen LogP contribution in [-0.2, 0) is 0 Å². The van der Waals surface area contributed by atoms with Crippen LogP contribution in [-0.4, -0.2) is 40.2 Å². The molecule has 0 atom stereocenters. The summed E-state index contributed by atoms with van der Waals surface area (Å²) >= 11 is 0. The summed E-state index contributed by atoms with van der Waals surface area (Å²) in [5.41, 5.74) is 2.64. The number of benzene rings is 3. The Hall–Kier alpha value is -5.22. The number of aliphatic hydroxyl groups excluding tert-OH is 1. The average Bonchev–Trinajstić information content (AvgIpc) is 2.93. The van der Waals surface area contributed by atoms with Crippen molar-refractivity contribution in [2.75, 3.05) is 23.8 Å². The third-order valence-corrected chi connectivity index (χ3v) is 5.74. The van der Waals surface area contributed by atoms with Gasteiger partial charge >= 0.3 is 6.09 Å². The number of anilines is 3. The number of H-pyrrole nitrogens is 1. The summed E-state index contributed by atoms with van der Waals surface area (Å²) in [6, 6.07) is 22.6. The minimum absolute atomic E-state index is 0.0573. The van der Waals surface area contributed by atoms with Crippen molar-refractivity contribution >= 4 is 50.9 Å². The van der Waals surface area contributed by atoms with Crippen LogP contribution in [0.3, 0.4) is 0 Å². The molecule has 10 nitrogen and oxygen atoms in total. The maximum atomic E-state index is 12.7. The number of nitrogens with one attached hydrogen (secondary N) is 4. The van der Waals surface area contributed by atoms with Gasteiger partial charge in [-0.1, -0.05) is 18.2 Å². The third kappa shape index (κ3) is 5.30. The average molecular weight is 510 g/mol. The molecule has 38 heavy (non-hydrogen) atoms. The fraction of sp³-hybridized carbons (Fsp3) is 0.0714. The van der Waals surface area contributed by atoms with Gasteiger partial charge in [-0.3, -0.25) is 9.59 Å². The summed E-state index contributed by atoms with van der Waals surface area (Å²) < 4.78 is 5.30. The zero-order chi connectivity index (χ0) is 26.5. The first kappa shape index (κ1) is 24.5. The summed E-state index contributed by atoms with van der Waals surface area (Å²) in [4.78, 5) is 44.2. The summed E-state index contributed by atoms with van der Waals surface area (Å²) in [6.45, 7) is -0.157. The number of pyridine rings is 2. The molecule has 0 unspecified atom stereocenters. The molecule has 0 aliphatic carbocycles. The van der Waals surface area contributed by atoms with Gasteiger partial charge in [0.15, 0.2) is 0 Å². The van der Waals surface area contributed by atoms with E-state index >= 15 is 0 Å². The Morgan fingerprint density at radius 3 is 2.45 bits per heavy atom. The molecule has 5 N–H and O–H groups in total. The summed E-state index contributed by atoms with van der Waals surface area (Å²) in [5, 5.41) is 19.1. The minimum Gasteiger partial charge on any atom is -0.410 e. The molecule has 0 radical (unpaired) electrons. The first-order valence-corrected chi connectivity index (χ1v) is 11.8. The Balaban J connectivity index is 1.44. The second-order valence-corrected chi connectivity index (χ2v) is 8.31. The molecule has 0 bridgehead atoms. The van der Waals surface area contributed by atoms with Gasteiger partial charge in [0.05, 0.1) is 12.3 Å². The maximum Gasteiger partial charge on any atom is 0.412 e. The predicted molar refractivity (Wildman–Crippen MR) is 145 cm³/mol. The van der Waals surface area contributed by atoms with Crippen LogP contribution in [0.5, 0.6) is 5.75 Å². The highest BCUT2D eigenvalue weighted by atomic mass is 16.6. The van der Waals surface area contributed by atoms with Crippen molar-refractivity contribution in [1.82, 2.24) is 15.3 Å². The molecular weight excluding hydrogens is 486 g/mol. The number of hydrogen-bond donors (Lipinski definition) is 5. The molecule has 3 aromatic carbocycles. The van der Waals surface area contributed by atoms with Crippen LogP contribution in [0.4, 0.5) is 21.9 Å². The number of nitrogens with zero attached hydrogens (tertiary/aromatic N) is 1. The minimum atomic E-state index is -0.719. The van der Waals surface area contributed by atoms with Gasteiger partial charge < -0.3 is 30.8 Å². The smallest absolute Gasteiger partial charge is 0.410 e. The highest BCUT2D eigenvalue weighted by Gasteiger charge is 2.13. The quantitative estimate of drug-likeness (QED) is 0.207. The Morgan fingerprint density at radius 1 is 0.921 bits per heavy atom. The van der Waals surface area contributed by atoms with Crippen molar-refractivity contribution in [2.24, 2.45) is 0 Å². The lowest BCUT2D eigenvalue weighted by Gasteiger charge is -2.13. The summed E-state index contributed by atoms with van der Waals surface area (Å²) in [6.07, 6.45) is 0.854. The van der Waals surface area contributed by atoms with E-state index in [0.717, 1.165) is 5.69 Å². The first-order chi connectivity index (χ1) is 18.5. The first-order valence-electron chi connectivity index (χ1n) is 11.8. The van der Waals surface area contributed by atoms with Crippen LogP contribution >= 0.6 is 0 Å². The molecule has 0 saturated carbocycles. The number of carbonyl (C=O) groups is 2. The molecule has 5 rings (SSSR count). The van der Waals surface area contributed by atoms with Gasteiger partial charge in [-0.25, -0.2) is 9.78 Å². The van der Waals surface area contributed by atoms with Crippen molar-refractivity contribution < 1.29 is 19.4 Å². The highest BCUT2D eigenvalue weighted by molar-refractivity contribution is 6.11. The summed E-state index contributed by atoms with van der Waals surface area (Å²) in [5.74, 6) is 0.0260. The predicted octanol–water partition coefficient (Wildman–Crippen LogP) is 4.15. The van der Waals surface area contributed by atoms with Crippen molar-refractivity contribution in [1.29, 1.82) is 0 Å². The lowest BCUT2D eigenvalue weighted by molar-refractivity contribution is 0.102. The lowest BCUT2D eigenvalue weighted by Crippen LogP contribution is -2.29. The van der Waals surface area contributed by atoms with E-state index in [-0.39, 0.29) is 30.4 Å². The van der Waals surface area contributed by atoms with Gasteiger partial charge in [0.25, 0.3) is 11.5 Å². The largest absolute Gasteiger partial charge is 0.412 e. The molecule has 0 fully saturated rings. The van der Waals surface area contributed by atoms with Gasteiger partial charge in [0.2, 0.25) is 0 Å². The molecule has 5 aromatic rings. The molecule has 2 heterocycles. The Labute approximate surface area is 216 Å². The lowest BCUT2D eigenvalue weighted by atomic mass is 10.1. The number of aromatic nitrogens is 2. The van der Waals surface area contributed by atoms with E-state index in [2.05, 4.69) is 25.9 Å². The number of rotatable bonds is 7. The molecule has 10 heteroatoms. The number of fused-ring (bicyclic) bond motifs is 3. The zero-order valence-electron chi connectivity index (χ0n) is 20.0. The molecule has 0 aliphatic heterocycles. The summed E-state index contributed by atoms with van der Waals surface area (Å²) in [7, 11) is 0. The molecule has 190 valence electrons. The molecule has 2 aromatic heterocycles. The van der Waals surface area contributed by atoms with Gasteiger partial charge in [-0.2, -0.15) is 0 Å². The Morgan fingerprint density at radius 2 is 1.68 bits per heavy atom. The van der Waals surface area contributed by atoms with E-state index < -0.39 is 6.09 Å². The van der Waals surface area contributed by atoms with Gasteiger partial charge in [-0.05, 0) is 60.7 Å². The van der Waals surface area contributed by atoms with Gasteiger partial charge in [0.1, 0.15) is 11.4 Å². The maximum absolute atomic E-state index is 12.7. The monoisotopic (exact) mass is 509 g/mol. The molecule has 0 aliphatic rings. The van der Waals surface area contributed by atoms with Crippen LogP contribution in [0, 0.1) is 0 Å². The number of hydrogen-bond acceptors (Lipinski definition) is 7. The second kappa shape index (κ2) is 10.8. The number of carbonyl (C=O) groups excluding carboxylic acids is 2. The fourth-order valence-electron chi connectivity index (χ4n) is 3.99. The van der Waals surface area contributed by atoms with E-state index in [1.807, 2.05) is 18.2 Å². The number of aliphatic hydroxyl groups is 1. The number of amides is 2. The van der Waals surface area contributed by atoms with Crippen molar-refractivity contribution in [3.05, 3.63) is 101 Å². The SMILES string of the molecule is O=C(NCCO)Oc1ccc2c(=O)[nH]c3nccc(Nc4ccc(NC(=O)c5ccccc5)cc4)c3c2c1. The van der Waals surface area contributed by atoms with Crippen molar-refractivity contribution in [3.63, 3.8) is 0 Å². The second-order valence-electron chi connectivity index (χ2n) is 8.31. The zero-order valence-corrected chi connectivity index (χ0v) is 20.0. The van der Waals surface area contributed by atoms with E-state index in [1.165, 1.54) is 6.07 Å². The van der Waals surface area contributed by atoms with Crippen molar-refractivity contribution in [2.45, 2.75) is 0 Å². The molecule has 0 saturated heterocycles. The third-order valence-electron chi connectivity index (χ3n) is 5.74.